The van der Waals surface area contributed by atoms with E-state index in [-0.39, 0.29) is 18.0 Å². The van der Waals surface area contributed by atoms with Crippen molar-refractivity contribution in [3.8, 4) is 0 Å². The molecule has 0 spiro atoms. The van der Waals surface area contributed by atoms with Crippen molar-refractivity contribution in [2.45, 2.75) is 33.2 Å². The van der Waals surface area contributed by atoms with E-state index in [9.17, 15) is 9.59 Å². The predicted molar refractivity (Wildman–Crippen MR) is 108 cm³/mol. The van der Waals surface area contributed by atoms with Gasteiger partial charge in [0, 0.05) is 36.0 Å². The summed E-state index contributed by atoms with van der Waals surface area (Å²) in [5, 5.41) is 1.56. The van der Waals surface area contributed by atoms with Gasteiger partial charge in [0.2, 0.25) is 5.91 Å². The van der Waals surface area contributed by atoms with E-state index in [4.69, 9.17) is 16.0 Å². The highest BCUT2D eigenvalue weighted by molar-refractivity contribution is 6.30. The van der Waals surface area contributed by atoms with Crippen LogP contribution in [0.3, 0.4) is 0 Å². The van der Waals surface area contributed by atoms with Gasteiger partial charge in [0.25, 0.3) is 0 Å². The van der Waals surface area contributed by atoms with Crippen LogP contribution in [0.15, 0.2) is 51.7 Å². The van der Waals surface area contributed by atoms with Gasteiger partial charge in [-0.2, -0.15) is 0 Å². The zero-order chi connectivity index (χ0) is 19.6. The number of nitrogens with zero attached hydrogens (tertiary/aromatic N) is 1. The van der Waals surface area contributed by atoms with E-state index in [0.29, 0.717) is 29.1 Å². The second-order valence-electron chi connectivity index (χ2n) is 6.87. The molecule has 0 aliphatic rings. The number of halogens is 1. The summed E-state index contributed by atoms with van der Waals surface area (Å²) in [5.41, 5.74) is 3.68. The van der Waals surface area contributed by atoms with Crippen molar-refractivity contribution in [1.29, 1.82) is 0 Å². The first-order valence-electron chi connectivity index (χ1n) is 8.86. The molecule has 2 aromatic carbocycles. The van der Waals surface area contributed by atoms with Crippen LogP contribution in [0.4, 0.5) is 0 Å². The Morgan fingerprint density at radius 3 is 2.67 bits per heavy atom. The van der Waals surface area contributed by atoms with Crippen molar-refractivity contribution in [3.05, 3.63) is 80.2 Å². The van der Waals surface area contributed by atoms with Gasteiger partial charge in [-0.05, 0) is 55.2 Å². The average Bonchev–Trinajstić information content (AvgIpc) is 2.61. The molecular formula is C22H22ClNO3. The topological polar surface area (TPSA) is 50.5 Å². The number of rotatable bonds is 5. The molecule has 5 heteroatoms. The van der Waals surface area contributed by atoms with Crippen molar-refractivity contribution in [2.24, 2.45) is 0 Å². The molecule has 0 aliphatic heterocycles. The van der Waals surface area contributed by atoms with Crippen LogP contribution in [-0.2, 0) is 17.8 Å². The molecule has 27 heavy (non-hydrogen) atoms. The average molecular weight is 384 g/mol. The van der Waals surface area contributed by atoms with Crippen molar-refractivity contribution in [1.82, 2.24) is 4.90 Å². The Bertz CT molecular complexity index is 1060. The van der Waals surface area contributed by atoms with Gasteiger partial charge in [0.05, 0.1) is 0 Å². The Morgan fingerprint density at radius 2 is 1.93 bits per heavy atom. The summed E-state index contributed by atoms with van der Waals surface area (Å²) in [5.74, 6) is -0.0298. The lowest BCUT2D eigenvalue weighted by molar-refractivity contribution is -0.130. The number of amides is 1. The normalized spacial score (nSPS) is 11.0. The quantitative estimate of drug-likeness (QED) is 0.602. The third-order valence-electron chi connectivity index (χ3n) is 4.77. The molecule has 1 aromatic heterocycles. The fourth-order valence-corrected chi connectivity index (χ4v) is 3.42. The minimum atomic E-state index is -0.365. The highest BCUT2D eigenvalue weighted by atomic mass is 35.5. The molecule has 4 nitrogen and oxygen atoms in total. The van der Waals surface area contributed by atoms with Crippen molar-refractivity contribution < 1.29 is 9.21 Å². The first-order valence-corrected chi connectivity index (χ1v) is 9.24. The number of aryl methyl sites for hydroxylation is 2. The van der Waals surface area contributed by atoms with Gasteiger partial charge in [0.1, 0.15) is 5.58 Å². The monoisotopic (exact) mass is 383 g/mol. The van der Waals surface area contributed by atoms with Crippen LogP contribution in [0.25, 0.3) is 11.0 Å². The van der Waals surface area contributed by atoms with Gasteiger partial charge < -0.3 is 9.32 Å². The first-order chi connectivity index (χ1) is 12.8. The number of fused-ring (bicyclic) bond motifs is 1. The maximum absolute atomic E-state index is 12.5. The van der Waals surface area contributed by atoms with Gasteiger partial charge in [-0.3, -0.25) is 4.79 Å². The van der Waals surface area contributed by atoms with E-state index in [1.54, 1.807) is 18.0 Å². The molecule has 0 N–H and O–H groups in total. The molecule has 0 saturated carbocycles. The molecule has 0 radical (unpaired) electrons. The highest BCUT2D eigenvalue weighted by Gasteiger charge is 2.15. The molecule has 0 saturated heterocycles. The molecule has 0 bridgehead atoms. The van der Waals surface area contributed by atoms with Crippen LogP contribution in [0.1, 0.15) is 28.7 Å². The molecule has 3 rings (SSSR count). The Hall–Kier alpha value is -2.59. The summed E-state index contributed by atoms with van der Waals surface area (Å²) in [4.78, 5) is 26.5. The maximum Gasteiger partial charge on any atom is 0.339 e. The van der Waals surface area contributed by atoms with Crippen molar-refractivity contribution in [3.63, 3.8) is 0 Å². The van der Waals surface area contributed by atoms with Crippen LogP contribution >= 0.6 is 11.6 Å². The maximum atomic E-state index is 12.5. The van der Waals surface area contributed by atoms with Gasteiger partial charge in [-0.25, -0.2) is 4.79 Å². The molecule has 0 fully saturated rings. The summed E-state index contributed by atoms with van der Waals surface area (Å²) >= 11 is 5.99. The molecule has 3 aromatic rings. The molecule has 140 valence electrons. The number of hydrogen-bond donors (Lipinski definition) is 0. The van der Waals surface area contributed by atoms with E-state index in [0.717, 1.165) is 22.1 Å². The summed E-state index contributed by atoms with van der Waals surface area (Å²) in [6, 6.07) is 13.2. The van der Waals surface area contributed by atoms with E-state index < -0.39 is 0 Å². The number of carbonyl (C=O) groups excluding carboxylic acids is 1. The standard InChI is InChI=1S/C22H22ClNO3/c1-14-7-8-18-15(2)19(22(26)27-20(18)11-14)9-10-21(25)24(3)13-16-5-4-6-17(23)12-16/h4-8,11-12H,9-10,13H2,1-3H3. The second kappa shape index (κ2) is 7.97. The summed E-state index contributed by atoms with van der Waals surface area (Å²) in [6.45, 7) is 4.34. The Labute approximate surface area is 163 Å². The zero-order valence-corrected chi connectivity index (χ0v) is 16.5. The molecule has 0 atom stereocenters. The van der Waals surface area contributed by atoms with E-state index in [2.05, 4.69) is 0 Å². The number of benzene rings is 2. The van der Waals surface area contributed by atoms with Crippen LogP contribution in [0, 0.1) is 13.8 Å². The van der Waals surface area contributed by atoms with Crippen molar-refractivity contribution in [2.75, 3.05) is 7.05 Å². The third-order valence-corrected chi connectivity index (χ3v) is 5.00. The van der Waals surface area contributed by atoms with Gasteiger partial charge in [0.15, 0.2) is 0 Å². The Morgan fingerprint density at radius 1 is 1.15 bits per heavy atom. The summed E-state index contributed by atoms with van der Waals surface area (Å²) < 4.78 is 5.46. The lowest BCUT2D eigenvalue weighted by Gasteiger charge is -2.17. The molecule has 1 amide bonds. The van der Waals surface area contributed by atoms with Crippen molar-refractivity contribution >= 4 is 28.5 Å². The molecular weight excluding hydrogens is 362 g/mol. The van der Waals surface area contributed by atoms with Crippen LogP contribution in [0.2, 0.25) is 5.02 Å². The zero-order valence-electron chi connectivity index (χ0n) is 15.7. The van der Waals surface area contributed by atoms with Crippen LogP contribution in [-0.4, -0.2) is 17.9 Å². The summed E-state index contributed by atoms with van der Waals surface area (Å²) in [6.07, 6.45) is 0.608. The van der Waals surface area contributed by atoms with Crippen LogP contribution < -0.4 is 5.63 Å². The van der Waals surface area contributed by atoms with E-state index in [1.807, 2.05) is 50.2 Å². The summed E-state index contributed by atoms with van der Waals surface area (Å²) in [7, 11) is 1.75. The largest absolute Gasteiger partial charge is 0.423 e. The minimum absolute atomic E-state index is 0.0298. The third kappa shape index (κ3) is 4.40. The number of carbonyl (C=O) groups is 1. The Kier molecular flexibility index (Phi) is 5.66. The van der Waals surface area contributed by atoms with Crippen LogP contribution in [0.5, 0.6) is 0 Å². The van der Waals surface area contributed by atoms with E-state index in [1.165, 1.54) is 0 Å². The second-order valence-corrected chi connectivity index (χ2v) is 7.31. The SMILES string of the molecule is Cc1ccc2c(C)c(CCC(=O)N(C)Cc3cccc(Cl)c3)c(=O)oc2c1. The molecule has 1 heterocycles. The van der Waals surface area contributed by atoms with E-state index >= 15 is 0 Å². The fraction of sp³-hybridized carbons (Fsp3) is 0.273. The smallest absolute Gasteiger partial charge is 0.339 e. The fourth-order valence-electron chi connectivity index (χ4n) is 3.21. The number of hydrogen-bond acceptors (Lipinski definition) is 3. The lowest BCUT2D eigenvalue weighted by Crippen LogP contribution is -2.27. The minimum Gasteiger partial charge on any atom is -0.423 e. The Balaban J connectivity index is 1.73. The lowest BCUT2D eigenvalue weighted by atomic mass is 10.0. The molecule has 0 aliphatic carbocycles. The molecule has 0 unspecified atom stereocenters. The highest BCUT2D eigenvalue weighted by Crippen LogP contribution is 2.21. The first kappa shape index (κ1) is 19.2. The van der Waals surface area contributed by atoms with Gasteiger partial charge >= 0.3 is 5.63 Å². The predicted octanol–water partition coefficient (Wildman–Crippen LogP) is 4.65. The van der Waals surface area contributed by atoms with Gasteiger partial charge in [-0.1, -0.05) is 35.9 Å². The van der Waals surface area contributed by atoms with Gasteiger partial charge in [-0.15, -0.1) is 0 Å².